The average Bonchev–Trinajstić information content (AvgIpc) is 3.58. The van der Waals surface area contributed by atoms with E-state index in [0.29, 0.717) is 62.3 Å². The highest BCUT2D eigenvalue weighted by Gasteiger charge is 2.41. The maximum absolute atomic E-state index is 14.8. The lowest BCUT2D eigenvalue weighted by molar-refractivity contribution is -0.141. The number of halogens is 1. The van der Waals surface area contributed by atoms with Gasteiger partial charge in [-0.2, -0.15) is 0 Å². The first-order chi connectivity index (χ1) is 20.5. The molecule has 0 saturated carbocycles. The summed E-state index contributed by atoms with van der Waals surface area (Å²) in [5.74, 6) is -0.839. The maximum Gasteiger partial charge on any atom is 0.338 e. The molecule has 1 aromatic carbocycles. The van der Waals surface area contributed by atoms with E-state index in [9.17, 15) is 15.4 Å². The van der Waals surface area contributed by atoms with Crippen LogP contribution < -0.4 is 5.32 Å². The minimum absolute atomic E-state index is 0.0158. The van der Waals surface area contributed by atoms with Crippen LogP contribution in [0.1, 0.15) is 44.3 Å². The van der Waals surface area contributed by atoms with Crippen molar-refractivity contribution in [3.05, 3.63) is 63.0 Å². The predicted molar refractivity (Wildman–Crippen MR) is 162 cm³/mol. The van der Waals surface area contributed by atoms with E-state index in [1.165, 1.54) is 23.5 Å². The second-order valence-corrected chi connectivity index (χ2v) is 12.2. The normalized spacial score (nSPS) is 23.3. The Bertz CT molecular complexity index is 1470. The van der Waals surface area contributed by atoms with Crippen molar-refractivity contribution in [1.29, 1.82) is 0 Å². The van der Waals surface area contributed by atoms with Crippen LogP contribution in [0.3, 0.4) is 0 Å². The van der Waals surface area contributed by atoms with Crippen LogP contribution in [0.5, 0.6) is 0 Å². The number of piperazine rings is 1. The van der Waals surface area contributed by atoms with E-state index >= 15 is 0 Å². The monoisotopic (exact) mass is 615 g/mol. The van der Waals surface area contributed by atoms with Crippen molar-refractivity contribution in [2.75, 3.05) is 45.9 Å². The molecule has 4 heterocycles. The zero-order chi connectivity index (χ0) is 30.9. The quantitative estimate of drug-likeness (QED) is 0.244. The van der Waals surface area contributed by atoms with Crippen LogP contribution >= 0.6 is 23.6 Å². The predicted octanol–water partition coefficient (Wildman–Crippen LogP) is 3.04. The number of benzene rings is 1. The zero-order valence-corrected chi connectivity index (χ0v) is 25.7. The van der Waals surface area contributed by atoms with Gasteiger partial charge in [-0.15, -0.1) is 11.3 Å². The van der Waals surface area contributed by atoms with Crippen LogP contribution in [0.4, 0.5) is 4.39 Å². The van der Waals surface area contributed by atoms with E-state index in [2.05, 4.69) is 30.0 Å². The van der Waals surface area contributed by atoms with Crippen LogP contribution in [-0.2, 0) is 19.1 Å². The van der Waals surface area contributed by atoms with Crippen molar-refractivity contribution in [2.24, 2.45) is 4.99 Å². The summed E-state index contributed by atoms with van der Waals surface area (Å²) in [6, 6.07) is 2.58. The SMILES string of the molecule is [2H][C@@]1(c2cccc(F)c2C)N=C(c2nccs2)NC(CN2CCN3C(=S)N(CC(C)(C)OC=O)C[C@@H]3C2)=C1C(=O)OCC. The highest BCUT2D eigenvalue weighted by atomic mass is 32.1. The summed E-state index contributed by atoms with van der Waals surface area (Å²) in [6.07, 6.45) is 1.64. The van der Waals surface area contributed by atoms with Gasteiger partial charge in [0, 0.05) is 50.0 Å². The van der Waals surface area contributed by atoms with Gasteiger partial charge in [-0.1, -0.05) is 12.1 Å². The lowest BCUT2D eigenvalue weighted by atomic mass is 9.92. The number of nitrogens with zero attached hydrogens (tertiary/aromatic N) is 5. The second-order valence-electron chi connectivity index (χ2n) is 11.0. The molecule has 2 fully saturated rings. The van der Waals surface area contributed by atoms with Gasteiger partial charge in [-0.25, -0.2) is 14.2 Å². The van der Waals surface area contributed by atoms with Crippen molar-refractivity contribution in [1.82, 2.24) is 25.0 Å². The van der Waals surface area contributed by atoms with Crippen LogP contribution in [0.25, 0.3) is 0 Å². The van der Waals surface area contributed by atoms with Gasteiger partial charge in [0.1, 0.15) is 17.4 Å². The van der Waals surface area contributed by atoms with Gasteiger partial charge in [0.15, 0.2) is 16.0 Å². The number of rotatable bonds is 10. The van der Waals surface area contributed by atoms with Crippen LogP contribution in [0.2, 0.25) is 0 Å². The molecule has 3 aliphatic heterocycles. The van der Waals surface area contributed by atoms with Crippen molar-refractivity contribution in [2.45, 2.75) is 45.4 Å². The van der Waals surface area contributed by atoms with E-state index in [0.717, 1.165) is 5.11 Å². The fourth-order valence-electron chi connectivity index (χ4n) is 5.55. The third-order valence-corrected chi connectivity index (χ3v) is 8.78. The standard InChI is InChI=1S/C29H35FN6O4S2/c1-5-39-27(38)23-22(15-34-10-11-36-19(13-34)14-35(28(36)41)16-29(3,4)40-17-37)32-25(26-31-9-12-42-26)33-24(23)20-7-6-8-21(30)18(20)2/h6-9,12,17,19,24H,5,10-11,13-16H2,1-4H3,(H,32,33)/t19-,24-/m0/s1/i24D. The lowest BCUT2D eigenvalue weighted by Gasteiger charge is -2.39. The van der Waals surface area contributed by atoms with Crippen molar-refractivity contribution < 1.29 is 24.8 Å². The molecule has 42 heavy (non-hydrogen) atoms. The Morgan fingerprint density at radius 1 is 1.36 bits per heavy atom. The summed E-state index contributed by atoms with van der Waals surface area (Å²) in [5.41, 5.74) is 0.275. The van der Waals surface area contributed by atoms with Crippen LogP contribution in [0.15, 0.2) is 46.0 Å². The average molecular weight is 616 g/mol. The van der Waals surface area contributed by atoms with Gasteiger partial charge in [-0.3, -0.25) is 14.7 Å². The summed E-state index contributed by atoms with van der Waals surface area (Å²) in [5, 5.41) is 6.37. The van der Waals surface area contributed by atoms with Gasteiger partial charge >= 0.3 is 5.97 Å². The first kappa shape index (κ1) is 28.7. The molecular weight excluding hydrogens is 579 g/mol. The van der Waals surface area contributed by atoms with E-state index in [-0.39, 0.29) is 29.3 Å². The molecule has 0 bridgehead atoms. The first-order valence-electron chi connectivity index (χ1n) is 14.3. The fraction of sp³-hybridized carbons (Fsp3) is 0.483. The Balaban J connectivity index is 1.49. The van der Waals surface area contributed by atoms with Gasteiger partial charge in [-0.05, 0) is 57.1 Å². The lowest BCUT2D eigenvalue weighted by Crippen LogP contribution is -2.53. The van der Waals surface area contributed by atoms with Crippen molar-refractivity contribution in [3.8, 4) is 0 Å². The van der Waals surface area contributed by atoms with E-state index < -0.39 is 23.4 Å². The Labute approximate surface area is 255 Å². The van der Waals surface area contributed by atoms with Gasteiger partial charge < -0.3 is 24.6 Å². The number of nitrogens with one attached hydrogen (secondary N) is 1. The number of esters is 1. The molecule has 3 aliphatic rings. The molecule has 2 aromatic rings. The highest BCUT2D eigenvalue weighted by Crippen LogP contribution is 2.36. The summed E-state index contributed by atoms with van der Waals surface area (Å²) < 4.78 is 35.2. The van der Waals surface area contributed by atoms with Crippen LogP contribution in [0, 0.1) is 12.7 Å². The topological polar surface area (TPSA) is 99.6 Å². The summed E-state index contributed by atoms with van der Waals surface area (Å²) >= 11 is 7.12. The van der Waals surface area contributed by atoms with Crippen molar-refractivity contribution >= 4 is 46.9 Å². The van der Waals surface area contributed by atoms with E-state index in [4.69, 9.17) is 21.7 Å². The van der Waals surface area contributed by atoms with Gasteiger partial charge in [0.25, 0.3) is 6.47 Å². The molecular formula is C29H35FN6O4S2. The Morgan fingerprint density at radius 2 is 2.17 bits per heavy atom. The first-order valence-corrected chi connectivity index (χ1v) is 15.1. The molecule has 1 aromatic heterocycles. The third-order valence-electron chi connectivity index (χ3n) is 7.50. The highest BCUT2D eigenvalue weighted by molar-refractivity contribution is 7.80. The number of thiazole rings is 1. The molecule has 0 amide bonds. The second kappa shape index (κ2) is 12.4. The van der Waals surface area contributed by atoms with Crippen LogP contribution in [-0.4, -0.2) is 101 Å². The Hall–Kier alpha value is -3.42. The summed E-state index contributed by atoms with van der Waals surface area (Å²) in [7, 11) is 0. The number of carbonyl (C=O) groups is 2. The molecule has 0 unspecified atom stereocenters. The van der Waals surface area contributed by atoms with E-state index in [1.807, 2.05) is 13.8 Å². The Morgan fingerprint density at radius 3 is 2.88 bits per heavy atom. The minimum atomic E-state index is -1.97. The number of ether oxygens (including phenoxy) is 2. The zero-order valence-electron chi connectivity index (χ0n) is 25.1. The number of carbonyl (C=O) groups excluding carboxylic acids is 2. The smallest absolute Gasteiger partial charge is 0.338 e. The molecule has 13 heteroatoms. The molecule has 0 spiro atoms. The number of hydrogen-bond donors (Lipinski definition) is 1. The largest absolute Gasteiger partial charge is 0.463 e. The summed E-state index contributed by atoms with van der Waals surface area (Å²) in [6.45, 7) is 10.9. The number of amidine groups is 1. The maximum atomic E-state index is 14.8. The number of fused-ring (bicyclic) bond motifs is 1. The molecule has 2 saturated heterocycles. The molecule has 0 radical (unpaired) electrons. The molecule has 1 N–H and O–H groups in total. The molecule has 224 valence electrons. The van der Waals surface area contributed by atoms with Crippen molar-refractivity contribution in [3.63, 3.8) is 0 Å². The summed E-state index contributed by atoms with van der Waals surface area (Å²) in [4.78, 5) is 40.1. The fourth-order valence-corrected chi connectivity index (χ4v) is 6.51. The molecule has 0 aliphatic carbocycles. The number of aromatic nitrogens is 1. The van der Waals surface area contributed by atoms with E-state index in [1.54, 1.807) is 31.5 Å². The third kappa shape index (κ3) is 6.18. The Kier molecular flexibility index (Phi) is 8.50. The minimum Gasteiger partial charge on any atom is -0.463 e. The van der Waals surface area contributed by atoms with Gasteiger partial charge in [0.05, 0.1) is 26.1 Å². The van der Waals surface area contributed by atoms with Gasteiger partial charge in [0.2, 0.25) is 0 Å². The molecule has 10 nitrogen and oxygen atoms in total. The number of thiocarbonyl (C=S) groups is 1. The number of hydrogen-bond acceptors (Lipinski definition) is 10. The number of aliphatic imine (C=N–C) groups is 1. The molecule has 2 atom stereocenters. The molecule has 5 rings (SSSR count).